The number of ether oxygens (including phenoxy) is 4. The van der Waals surface area contributed by atoms with Crippen LogP contribution in [0.3, 0.4) is 0 Å². The monoisotopic (exact) mass is 436 g/mol. The summed E-state index contributed by atoms with van der Waals surface area (Å²) >= 11 is 0. The zero-order valence-electron chi connectivity index (χ0n) is 17.0. The van der Waals surface area contributed by atoms with Crippen molar-refractivity contribution in [3.05, 3.63) is 42.5 Å². The summed E-state index contributed by atoms with van der Waals surface area (Å²) in [4.78, 5) is 12.5. The van der Waals surface area contributed by atoms with Gasteiger partial charge in [-0.15, -0.1) is 0 Å². The van der Waals surface area contributed by atoms with Crippen molar-refractivity contribution in [1.29, 1.82) is 0 Å². The molecular formula is C20H24N2O7S. The maximum absolute atomic E-state index is 12.5. The lowest BCUT2D eigenvalue weighted by Crippen LogP contribution is -2.44. The second-order valence-corrected chi connectivity index (χ2v) is 8.67. The number of nitrogens with one attached hydrogen (secondary N) is 1. The third-order valence-corrected chi connectivity index (χ3v) is 5.44. The van der Waals surface area contributed by atoms with Gasteiger partial charge in [-0.1, -0.05) is 0 Å². The molecule has 1 atom stereocenters. The van der Waals surface area contributed by atoms with Crippen LogP contribution in [-0.4, -0.2) is 53.7 Å². The fourth-order valence-electron chi connectivity index (χ4n) is 2.83. The second-order valence-electron chi connectivity index (χ2n) is 6.76. The number of methoxy groups -OCH3 is 1. The zero-order valence-corrected chi connectivity index (χ0v) is 17.8. The van der Waals surface area contributed by atoms with Gasteiger partial charge in [0, 0.05) is 6.07 Å². The summed E-state index contributed by atoms with van der Waals surface area (Å²) < 4.78 is 46.8. The molecule has 0 fully saturated rings. The Morgan fingerprint density at radius 1 is 1.13 bits per heavy atom. The summed E-state index contributed by atoms with van der Waals surface area (Å²) in [5.74, 6) is 1.86. The van der Waals surface area contributed by atoms with Crippen molar-refractivity contribution in [2.75, 3.05) is 37.6 Å². The van der Waals surface area contributed by atoms with E-state index in [4.69, 9.17) is 18.9 Å². The van der Waals surface area contributed by atoms with Crippen LogP contribution in [0.5, 0.6) is 23.0 Å². The molecule has 0 aromatic heterocycles. The normalized spacial score (nSPS) is 13.4. The Kier molecular flexibility index (Phi) is 6.56. The van der Waals surface area contributed by atoms with E-state index in [0.717, 1.165) is 10.6 Å². The van der Waals surface area contributed by atoms with Crippen LogP contribution in [0.2, 0.25) is 0 Å². The molecule has 0 spiro atoms. The molecule has 0 radical (unpaired) electrons. The maximum atomic E-state index is 12.5. The number of nitrogens with zero attached hydrogens (tertiary/aromatic N) is 1. The molecule has 3 rings (SSSR count). The minimum Gasteiger partial charge on any atom is -0.497 e. The van der Waals surface area contributed by atoms with Gasteiger partial charge in [-0.2, -0.15) is 0 Å². The number of fused-ring (bicyclic) bond motifs is 1. The molecule has 0 aliphatic carbocycles. The number of amides is 1. The summed E-state index contributed by atoms with van der Waals surface area (Å²) in [5, 5.41) is 2.75. The average molecular weight is 436 g/mol. The number of hydrogen-bond donors (Lipinski definition) is 1. The molecule has 1 heterocycles. The van der Waals surface area contributed by atoms with Crippen LogP contribution in [0.1, 0.15) is 6.92 Å². The molecule has 1 N–H and O–H groups in total. The van der Waals surface area contributed by atoms with Gasteiger partial charge in [-0.25, -0.2) is 8.42 Å². The summed E-state index contributed by atoms with van der Waals surface area (Å²) in [7, 11) is -2.11. The van der Waals surface area contributed by atoms with Crippen LogP contribution in [0.4, 0.5) is 5.69 Å². The first kappa shape index (κ1) is 21.6. The first-order chi connectivity index (χ1) is 14.3. The van der Waals surface area contributed by atoms with Gasteiger partial charge in [-0.05, 0) is 43.3 Å². The van der Waals surface area contributed by atoms with E-state index >= 15 is 0 Å². The molecule has 30 heavy (non-hydrogen) atoms. The molecule has 1 aliphatic rings. The van der Waals surface area contributed by atoms with Gasteiger partial charge in [-0.3, -0.25) is 9.10 Å². The number of sulfonamides is 1. The van der Waals surface area contributed by atoms with E-state index in [1.54, 1.807) is 50.4 Å². The lowest BCUT2D eigenvalue weighted by atomic mass is 10.2. The Hall–Kier alpha value is -3.14. The third kappa shape index (κ3) is 5.47. The summed E-state index contributed by atoms with van der Waals surface area (Å²) in [6, 6.07) is 11.4. The molecule has 162 valence electrons. The number of benzene rings is 2. The zero-order chi connectivity index (χ0) is 21.7. The lowest BCUT2D eigenvalue weighted by Gasteiger charge is -2.23. The number of hydrogen-bond acceptors (Lipinski definition) is 7. The van der Waals surface area contributed by atoms with Crippen LogP contribution in [0, 0.1) is 0 Å². The van der Waals surface area contributed by atoms with Gasteiger partial charge in [0.1, 0.15) is 24.7 Å². The van der Waals surface area contributed by atoms with E-state index in [-0.39, 0.29) is 26.0 Å². The molecule has 9 nitrogen and oxygen atoms in total. The molecule has 1 aliphatic heterocycles. The minimum absolute atomic E-state index is 0.0733. The Labute approximate surface area is 175 Å². The van der Waals surface area contributed by atoms with Crippen LogP contribution in [0.15, 0.2) is 42.5 Å². The highest BCUT2D eigenvalue weighted by molar-refractivity contribution is 7.92. The highest BCUT2D eigenvalue weighted by atomic mass is 32.2. The van der Waals surface area contributed by atoms with E-state index in [1.807, 2.05) is 0 Å². The van der Waals surface area contributed by atoms with Crippen LogP contribution < -0.4 is 28.6 Å². The predicted molar refractivity (Wildman–Crippen MR) is 111 cm³/mol. The molecular weight excluding hydrogens is 412 g/mol. The topological polar surface area (TPSA) is 103 Å². The van der Waals surface area contributed by atoms with Gasteiger partial charge in [0.25, 0.3) is 0 Å². The Balaban J connectivity index is 1.59. The molecule has 0 saturated carbocycles. The summed E-state index contributed by atoms with van der Waals surface area (Å²) in [5.41, 5.74) is 0.319. The van der Waals surface area contributed by atoms with Crippen LogP contribution in [0.25, 0.3) is 0 Å². The van der Waals surface area contributed by atoms with E-state index in [0.29, 0.717) is 28.7 Å². The Morgan fingerprint density at radius 2 is 1.80 bits per heavy atom. The van der Waals surface area contributed by atoms with Crippen molar-refractivity contribution in [3.63, 3.8) is 0 Å². The molecule has 1 unspecified atom stereocenters. The van der Waals surface area contributed by atoms with E-state index in [9.17, 15) is 13.2 Å². The SMILES string of the molecule is COc1ccc(OCC(C)NC(=O)CN(c2ccc3c(c2)OCO3)S(C)(=O)=O)cc1. The first-order valence-corrected chi connectivity index (χ1v) is 11.0. The van der Waals surface area contributed by atoms with Gasteiger partial charge in [0.15, 0.2) is 11.5 Å². The molecule has 2 aromatic rings. The minimum atomic E-state index is -3.70. The largest absolute Gasteiger partial charge is 0.497 e. The van der Waals surface area contributed by atoms with Crippen molar-refractivity contribution in [1.82, 2.24) is 5.32 Å². The predicted octanol–water partition coefficient (Wildman–Crippen LogP) is 1.77. The summed E-state index contributed by atoms with van der Waals surface area (Å²) in [6.07, 6.45) is 1.04. The van der Waals surface area contributed by atoms with E-state index in [2.05, 4.69) is 5.32 Å². The number of carbonyl (C=O) groups excluding carboxylic acids is 1. The van der Waals surface area contributed by atoms with Crippen molar-refractivity contribution >= 4 is 21.6 Å². The third-order valence-electron chi connectivity index (χ3n) is 4.30. The smallest absolute Gasteiger partial charge is 0.241 e. The quantitative estimate of drug-likeness (QED) is 0.639. The van der Waals surface area contributed by atoms with Crippen LogP contribution in [-0.2, 0) is 14.8 Å². The number of rotatable bonds is 9. The van der Waals surface area contributed by atoms with E-state index in [1.165, 1.54) is 6.07 Å². The van der Waals surface area contributed by atoms with Gasteiger partial charge >= 0.3 is 0 Å². The molecule has 1 amide bonds. The highest BCUT2D eigenvalue weighted by Crippen LogP contribution is 2.36. The van der Waals surface area contributed by atoms with Crippen molar-refractivity contribution < 1.29 is 32.2 Å². The van der Waals surface area contributed by atoms with Crippen molar-refractivity contribution in [2.45, 2.75) is 13.0 Å². The van der Waals surface area contributed by atoms with Crippen LogP contribution >= 0.6 is 0 Å². The maximum Gasteiger partial charge on any atom is 0.241 e. The lowest BCUT2D eigenvalue weighted by molar-refractivity contribution is -0.120. The van der Waals surface area contributed by atoms with Gasteiger partial charge in [0.05, 0.1) is 25.1 Å². The second kappa shape index (κ2) is 9.12. The standard InChI is InChI=1S/C20H24N2O7S/c1-14(12-27-17-7-5-16(26-2)6-8-17)21-20(23)11-22(30(3,24)25)15-4-9-18-19(10-15)29-13-28-18/h4-10,14H,11-13H2,1-3H3,(H,21,23). The highest BCUT2D eigenvalue weighted by Gasteiger charge is 2.24. The first-order valence-electron chi connectivity index (χ1n) is 9.20. The molecule has 0 saturated heterocycles. The van der Waals surface area contributed by atoms with Crippen molar-refractivity contribution in [2.24, 2.45) is 0 Å². The Bertz CT molecular complexity index is 993. The van der Waals surface area contributed by atoms with Crippen molar-refractivity contribution in [3.8, 4) is 23.0 Å². The van der Waals surface area contributed by atoms with Gasteiger partial charge < -0.3 is 24.3 Å². The average Bonchev–Trinajstić information content (AvgIpc) is 3.18. The van der Waals surface area contributed by atoms with Gasteiger partial charge in [0.2, 0.25) is 22.7 Å². The number of anilines is 1. The number of carbonyl (C=O) groups is 1. The fourth-order valence-corrected chi connectivity index (χ4v) is 3.67. The Morgan fingerprint density at radius 3 is 2.47 bits per heavy atom. The molecule has 10 heteroatoms. The molecule has 2 aromatic carbocycles. The fraction of sp³-hybridized carbons (Fsp3) is 0.350. The summed E-state index contributed by atoms with van der Waals surface area (Å²) in [6.45, 7) is 1.70. The molecule has 0 bridgehead atoms. The van der Waals surface area contributed by atoms with E-state index < -0.39 is 15.9 Å².